The molecule has 0 spiro atoms. The predicted molar refractivity (Wildman–Crippen MR) is 65.9 cm³/mol. The van der Waals surface area contributed by atoms with Gasteiger partial charge in [0.2, 0.25) is 0 Å². The summed E-state index contributed by atoms with van der Waals surface area (Å²) in [6.07, 6.45) is 0.713. The monoisotopic (exact) mass is 253 g/mol. The highest BCUT2D eigenvalue weighted by Crippen LogP contribution is 2.32. The Morgan fingerprint density at radius 3 is 3.12 bits per heavy atom. The van der Waals surface area contributed by atoms with Crippen molar-refractivity contribution in [3.8, 4) is 0 Å². The predicted octanol–water partition coefficient (Wildman–Crippen LogP) is 1.95. The minimum Gasteiger partial charge on any atom is -0.340 e. The molecule has 6 heteroatoms. The molecule has 0 unspecified atom stereocenters. The molecule has 1 heterocycles. The number of rotatable bonds is 1. The molecule has 2 amide bonds. The van der Waals surface area contributed by atoms with E-state index >= 15 is 0 Å². The van der Waals surface area contributed by atoms with E-state index < -0.39 is 0 Å². The molecule has 2 rings (SSSR count). The number of benzene rings is 1. The van der Waals surface area contributed by atoms with Gasteiger partial charge < -0.3 is 5.32 Å². The highest BCUT2D eigenvalue weighted by molar-refractivity contribution is 7.99. The van der Waals surface area contributed by atoms with E-state index in [4.69, 9.17) is 0 Å². The number of hydrogen-bond donors (Lipinski definition) is 2. The molecule has 0 aliphatic carbocycles. The molecule has 1 aliphatic heterocycles. The number of nitrogens with zero attached hydrogens (tertiary/aromatic N) is 1. The minimum atomic E-state index is -0.381. The van der Waals surface area contributed by atoms with Crippen LogP contribution in [0.2, 0.25) is 0 Å². The molecule has 1 aromatic rings. The Labute approximate surface area is 103 Å². The first kappa shape index (κ1) is 11.9. The van der Waals surface area contributed by atoms with E-state index in [1.807, 2.05) is 6.07 Å². The molecule has 1 aromatic carbocycles. The average molecular weight is 253 g/mol. The number of urea groups is 1. The van der Waals surface area contributed by atoms with Gasteiger partial charge in [-0.2, -0.15) is 5.10 Å². The Hall–Kier alpha value is -1.56. The lowest BCUT2D eigenvalue weighted by atomic mass is 10.1. The van der Waals surface area contributed by atoms with Crippen LogP contribution >= 0.6 is 11.8 Å². The third-order valence-electron chi connectivity index (χ3n) is 2.38. The van der Waals surface area contributed by atoms with Crippen molar-refractivity contribution in [2.75, 3.05) is 12.8 Å². The molecule has 0 radical (unpaired) electrons. The van der Waals surface area contributed by atoms with E-state index in [0.717, 1.165) is 11.3 Å². The van der Waals surface area contributed by atoms with E-state index in [0.29, 0.717) is 17.0 Å². The van der Waals surface area contributed by atoms with Crippen molar-refractivity contribution >= 4 is 23.5 Å². The van der Waals surface area contributed by atoms with Crippen molar-refractivity contribution in [3.63, 3.8) is 0 Å². The van der Waals surface area contributed by atoms with E-state index in [2.05, 4.69) is 15.8 Å². The molecule has 0 fully saturated rings. The largest absolute Gasteiger partial charge is 0.340 e. The Morgan fingerprint density at radius 1 is 1.53 bits per heavy atom. The summed E-state index contributed by atoms with van der Waals surface area (Å²) in [4.78, 5) is 11.6. The fourth-order valence-corrected chi connectivity index (χ4v) is 2.60. The van der Waals surface area contributed by atoms with Crippen molar-refractivity contribution < 1.29 is 9.18 Å². The average Bonchev–Trinajstić information content (AvgIpc) is 2.36. The van der Waals surface area contributed by atoms with Gasteiger partial charge >= 0.3 is 6.03 Å². The molecular weight excluding hydrogens is 241 g/mol. The zero-order chi connectivity index (χ0) is 12.3. The van der Waals surface area contributed by atoms with Crippen molar-refractivity contribution in [1.29, 1.82) is 0 Å². The van der Waals surface area contributed by atoms with Crippen LogP contribution in [-0.2, 0) is 0 Å². The van der Waals surface area contributed by atoms with Gasteiger partial charge in [0.05, 0.1) is 10.6 Å². The van der Waals surface area contributed by atoms with Crippen LogP contribution in [0.15, 0.2) is 28.2 Å². The number of carbonyl (C=O) groups excluding carboxylic acids is 1. The summed E-state index contributed by atoms with van der Waals surface area (Å²) in [7, 11) is 1.51. The maximum Gasteiger partial charge on any atom is 0.334 e. The van der Waals surface area contributed by atoms with E-state index in [9.17, 15) is 9.18 Å². The summed E-state index contributed by atoms with van der Waals surface area (Å²) < 4.78 is 13.5. The maximum atomic E-state index is 13.5. The summed E-state index contributed by atoms with van der Waals surface area (Å²) in [6.45, 7) is 0. The lowest BCUT2D eigenvalue weighted by Gasteiger charge is -2.17. The quantitative estimate of drug-likeness (QED) is 0.752. The number of halogens is 1. The van der Waals surface area contributed by atoms with Crippen molar-refractivity contribution in [1.82, 2.24) is 10.7 Å². The summed E-state index contributed by atoms with van der Waals surface area (Å²) in [5, 5.41) is 6.41. The molecule has 0 saturated heterocycles. The second-order valence-electron chi connectivity index (χ2n) is 3.46. The number of nitrogens with one attached hydrogen (secondary N) is 2. The molecule has 90 valence electrons. The van der Waals surface area contributed by atoms with Crippen LogP contribution in [0.3, 0.4) is 0 Å². The summed E-state index contributed by atoms with van der Waals surface area (Å²) >= 11 is 1.47. The van der Waals surface area contributed by atoms with Gasteiger partial charge in [0.1, 0.15) is 5.82 Å². The van der Waals surface area contributed by atoms with Gasteiger partial charge in [0, 0.05) is 24.8 Å². The van der Waals surface area contributed by atoms with Gasteiger partial charge in [-0.05, 0) is 6.07 Å². The second kappa shape index (κ2) is 5.18. The minimum absolute atomic E-state index is 0.236. The first-order chi connectivity index (χ1) is 8.22. The first-order valence-corrected chi connectivity index (χ1v) is 6.17. The lowest BCUT2D eigenvalue weighted by molar-refractivity contribution is 0.243. The van der Waals surface area contributed by atoms with Crippen LogP contribution in [0.5, 0.6) is 0 Å². The van der Waals surface area contributed by atoms with Gasteiger partial charge in [-0.1, -0.05) is 12.1 Å². The Morgan fingerprint density at radius 2 is 2.35 bits per heavy atom. The van der Waals surface area contributed by atoms with Crippen molar-refractivity contribution in [3.05, 3.63) is 29.6 Å². The van der Waals surface area contributed by atoms with Crippen LogP contribution < -0.4 is 10.7 Å². The standard InChI is InChI=1S/C11H12FN3OS/c1-13-11(16)15-14-9-5-6-17-10-7(9)3-2-4-8(10)12/h2-4H,5-6H2,1H3,(H2,13,15,16)/b14-9+. The number of hydrazone groups is 1. The second-order valence-corrected chi connectivity index (χ2v) is 4.57. The fourth-order valence-electron chi connectivity index (χ4n) is 1.56. The molecule has 0 saturated carbocycles. The Balaban J connectivity index is 2.29. The molecular formula is C11H12FN3OS. The van der Waals surface area contributed by atoms with Crippen LogP contribution in [0.25, 0.3) is 0 Å². The van der Waals surface area contributed by atoms with Gasteiger partial charge in [0.15, 0.2) is 0 Å². The molecule has 1 aliphatic rings. The number of hydrogen-bond acceptors (Lipinski definition) is 3. The lowest BCUT2D eigenvalue weighted by Crippen LogP contribution is -2.30. The Kier molecular flexibility index (Phi) is 3.63. The first-order valence-electron chi connectivity index (χ1n) is 5.18. The Bertz CT molecular complexity index is 476. The molecule has 2 N–H and O–H groups in total. The number of fused-ring (bicyclic) bond motifs is 1. The third-order valence-corrected chi connectivity index (χ3v) is 3.49. The van der Waals surface area contributed by atoms with Crippen molar-refractivity contribution in [2.24, 2.45) is 5.10 Å². The molecule has 0 aromatic heterocycles. The molecule has 17 heavy (non-hydrogen) atoms. The third kappa shape index (κ3) is 2.58. The van der Waals surface area contributed by atoms with Crippen molar-refractivity contribution in [2.45, 2.75) is 11.3 Å². The molecule has 0 atom stereocenters. The van der Waals surface area contributed by atoms with Gasteiger partial charge in [-0.25, -0.2) is 14.6 Å². The topological polar surface area (TPSA) is 53.5 Å². The zero-order valence-electron chi connectivity index (χ0n) is 9.29. The van der Waals surface area contributed by atoms with E-state index in [-0.39, 0.29) is 11.8 Å². The fraction of sp³-hybridized carbons (Fsp3) is 0.273. The SMILES string of the molecule is CNC(=O)N/N=C1\CCSc2c(F)cccc21. The number of carbonyl (C=O) groups is 1. The van der Waals surface area contributed by atoms with Crippen LogP contribution in [-0.4, -0.2) is 24.5 Å². The van der Waals surface area contributed by atoms with Crippen LogP contribution in [0.4, 0.5) is 9.18 Å². The van der Waals surface area contributed by atoms with E-state index in [1.54, 1.807) is 6.07 Å². The van der Waals surface area contributed by atoms with Gasteiger partial charge in [-0.15, -0.1) is 11.8 Å². The van der Waals surface area contributed by atoms with Gasteiger partial charge in [-0.3, -0.25) is 0 Å². The molecule has 4 nitrogen and oxygen atoms in total. The summed E-state index contributed by atoms with van der Waals surface area (Å²) in [5.74, 6) is 0.530. The number of thioether (sulfide) groups is 1. The maximum absolute atomic E-state index is 13.5. The molecule has 0 bridgehead atoms. The number of amides is 2. The van der Waals surface area contributed by atoms with Gasteiger partial charge in [0.25, 0.3) is 0 Å². The summed E-state index contributed by atoms with van der Waals surface area (Å²) in [6, 6.07) is 4.51. The van der Waals surface area contributed by atoms with E-state index in [1.165, 1.54) is 24.9 Å². The van der Waals surface area contributed by atoms with Crippen LogP contribution in [0.1, 0.15) is 12.0 Å². The normalized spacial score (nSPS) is 16.5. The van der Waals surface area contributed by atoms with Crippen LogP contribution in [0, 0.1) is 5.82 Å². The summed E-state index contributed by atoms with van der Waals surface area (Å²) in [5.41, 5.74) is 3.84. The zero-order valence-corrected chi connectivity index (χ0v) is 10.1. The smallest absolute Gasteiger partial charge is 0.334 e. The highest BCUT2D eigenvalue weighted by Gasteiger charge is 2.19. The highest BCUT2D eigenvalue weighted by atomic mass is 32.2.